The first-order chi connectivity index (χ1) is 19.4. The van der Waals surface area contributed by atoms with Crippen LogP contribution in [0, 0.1) is 0 Å². The summed E-state index contributed by atoms with van der Waals surface area (Å²) < 4.78 is 0. The summed E-state index contributed by atoms with van der Waals surface area (Å²) >= 11 is 1.85. The Balaban J connectivity index is 0.00000135. The van der Waals surface area contributed by atoms with Crippen LogP contribution in [0.3, 0.4) is 0 Å². The van der Waals surface area contributed by atoms with E-state index in [1.54, 1.807) is 0 Å². The van der Waals surface area contributed by atoms with Crippen LogP contribution in [-0.2, 0) is 0 Å². The van der Waals surface area contributed by atoms with E-state index in [0.717, 1.165) is 0 Å². The molecule has 7 rings (SSSR count). The summed E-state index contributed by atoms with van der Waals surface area (Å²) in [6.45, 7) is 4.00. The summed E-state index contributed by atoms with van der Waals surface area (Å²) in [5.41, 5.74) is 7.63. The Kier molecular flexibility index (Phi) is 7.08. The fourth-order valence-electron chi connectivity index (χ4n) is 5.41. The summed E-state index contributed by atoms with van der Waals surface area (Å²) in [6.07, 6.45) is 0. The molecule has 7 aromatic rings. The lowest BCUT2D eigenvalue weighted by Crippen LogP contribution is -1.90. The third kappa shape index (κ3) is 4.67. The summed E-state index contributed by atoms with van der Waals surface area (Å²) in [5, 5.41) is 5.15. The molecule has 0 radical (unpaired) electrons. The standard InChI is InChI=1S/C36H24S.C2H6/c1-3-11-25(12-4-1)33-23-24-34(37-33)26-19-21-28(22-20-26)36-31-17-9-7-15-29(31)35(27-13-5-2-6-14-27)30-16-8-10-18-32(30)36;1-2/h1-24H;1-2H3. The van der Waals surface area contributed by atoms with Gasteiger partial charge in [-0.2, -0.15) is 0 Å². The number of thiophene rings is 1. The minimum Gasteiger partial charge on any atom is -0.135 e. The van der Waals surface area contributed by atoms with Gasteiger partial charge in [-0.05, 0) is 67.1 Å². The Hall–Kier alpha value is -4.46. The molecule has 39 heavy (non-hydrogen) atoms. The van der Waals surface area contributed by atoms with E-state index >= 15 is 0 Å². The Morgan fingerprint density at radius 3 is 1.05 bits per heavy atom. The molecule has 0 aliphatic rings. The number of hydrogen-bond acceptors (Lipinski definition) is 1. The van der Waals surface area contributed by atoms with E-state index in [-0.39, 0.29) is 0 Å². The van der Waals surface area contributed by atoms with E-state index in [4.69, 9.17) is 0 Å². The lowest BCUT2D eigenvalue weighted by Gasteiger charge is -2.17. The fourth-order valence-corrected chi connectivity index (χ4v) is 6.42. The molecule has 6 aromatic carbocycles. The summed E-state index contributed by atoms with van der Waals surface area (Å²) in [4.78, 5) is 2.59. The van der Waals surface area contributed by atoms with Gasteiger partial charge in [0, 0.05) is 9.75 Å². The van der Waals surface area contributed by atoms with E-state index in [2.05, 4.69) is 146 Å². The molecule has 0 aliphatic heterocycles. The predicted octanol–water partition coefficient (Wildman–Crippen LogP) is 11.7. The predicted molar refractivity (Wildman–Crippen MR) is 172 cm³/mol. The Morgan fingerprint density at radius 2 is 0.615 bits per heavy atom. The van der Waals surface area contributed by atoms with Crippen LogP contribution in [-0.4, -0.2) is 0 Å². The maximum absolute atomic E-state index is 2.29. The molecule has 0 bridgehead atoms. The van der Waals surface area contributed by atoms with Gasteiger partial charge in [0.15, 0.2) is 0 Å². The SMILES string of the molecule is CC.c1ccc(-c2ccc(-c3ccc(-c4c5ccccc5c(-c5ccccc5)c5ccccc45)cc3)s2)cc1. The average Bonchev–Trinajstić information content (AvgIpc) is 3.52. The molecule has 0 aliphatic carbocycles. The smallest absolute Gasteiger partial charge is 0.0349 e. The average molecular weight is 519 g/mol. The van der Waals surface area contributed by atoms with E-state index in [9.17, 15) is 0 Å². The van der Waals surface area contributed by atoms with Gasteiger partial charge in [0.05, 0.1) is 0 Å². The number of rotatable bonds is 4. The van der Waals surface area contributed by atoms with Crippen LogP contribution in [0.5, 0.6) is 0 Å². The molecule has 0 spiro atoms. The molecule has 0 fully saturated rings. The minimum absolute atomic E-state index is 1.25. The summed E-state index contributed by atoms with van der Waals surface area (Å²) in [5.74, 6) is 0. The zero-order valence-electron chi connectivity index (χ0n) is 22.3. The highest BCUT2D eigenvalue weighted by atomic mass is 32.1. The van der Waals surface area contributed by atoms with Crippen molar-refractivity contribution >= 4 is 32.9 Å². The van der Waals surface area contributed by atoms with Gasteiger partial charge in [-0.25, -0.2) is 0 Å². The van der Waals surface area contributed by atoms with Crippen molar-refractivity contribution < 1.29 is 0 Å². The van der Waals surface area contributed by atoms with Gasteiger partial charge in [-0.3, -0.25) is 0 Å². The molecule has 0 N–H and O–H groups in total. The fraction of sp³-hybridized carbons (Fsp3) is 0.0526. The van der Waals surface area contributed by atoms with Crippen molar-refractivity contribution in [2.45, 2.75) is 13.8 Å². The first kappa shape index (κ1) is 24.9. The van der Waals surface area contributed by atoms with Crippen LogP contribution < -0.4 is 0 Å². The van der Waals surface area contributed by atoms with Crippen LogP contribution in [0.15, 0.2) is 146 Å². The summed E-state index contributed by atoms with van der Waals surface area (Å²) in [7, 11) is 0. The van der Waals surface area contributed by atoms with Gasteiger partial charge in [0.2, 0.25) is 0 Å². The van der Waals surface area contributed by atoms with E-state index in [1.165, 1.54) is 64.7 Å². The zero-order valence-corrected chi connectivity index (χ0v) is 23.1. The third-order valence-corrected chi connectivity index (χ3v) is 8.30. The molecule has 0 nitrogen and oxygen atoms in total. The van der Waals surface area contributed by atoms with Crippen LogP contribution >= 0.6 is 11.3 Å². The Morgan fingerprint density at radius 1 is 0.308 bits per heavy atom. The number of benzene rings is 6. The van der Waals surface area contributed by atoms with Crippen molar-refractivity contribution in [2.24, 2.45) is 0 Å². The monoisotopic (exact) mass is 518 g/mol. The second-order valence-corrected chi connectivity index (χ2v) is 10.4. The molecular formula is C38H30S. The van der Waals surface area contributed by atoms with Gasteiger partial charge >= 0.3 is 0 Å². The van der Waals surface area contributed by atoms with Crippen LogP contribution in [0.1, 0.15) is 13.8 Å². The van der Waals surface area contributed by atoms with Crippen LogP contribution in [0.25, 0.3) is 64.7 Å². The molecular weight excluding hydrogens is 488 g/mol. The van der Waals surface area contributed by atoms with Crippen molar-refractivity contribution in [3.8, 4) is 43.1 Å². The highest BCUT2D eigenvalue weighted by Gasteiger charge is 2.16. The van der Waals surface area contributed by atoms with Gasteiger partial charge in [0.1, 0.15) is 0 Å². The van der Waals surface area contributed by atoms with E-state index in [0.29, 0.717) is 0 Å². The van der Waals surface area contributed by atoms with E-state index < -0.39 is 0 Å². The second kappa shape index (κ2) is 11.1. The first-order valence-electron chi connectivity index (χ1n) is 13.6. The lowest BCUT2D eigenvalue weighted by molar-refractivity contribution is 1.50. The molecule has 1 heteroatoms. The normalized spacial score (nSPS) is 10.8. The largest absolute Gasteiger partial charge is 0.135 e. The highest BCUT2D eigenvalue weighted by Crippen LogP contribution is 2.44. The molecule has 0 saturated carbocycles. The molecule has 1 heterocycles. The number of hydrogen-bond donors (Lipinski definition) is 0. The van der Waals surface area contributed by atoms with E-state index in [1.807, 2.05) is 25.2 Å². The van der Waals surface area contributed by atoms with Gasteiger partial charge in [-0.15, -0.1) is 11.3 Å². The molecule has 0 unspecified atom stereocenters. The molecule has 0 amide bonds. The first-order valence-corrected chi connectivity index (χ1v) is 14.4. The minimum atomic E-state index is 1.25. The van der Waals surface area contributed by atoms with Gasteiger partial charge in [-0.1, -0.05) is 147 Å². The molecule has 1 aromatic heterocycles. The molecule has 188 valence electrons. The lowest BCUT2D eigenvalue weighted by atomic mass is 9.86. The van der Waals surface area contributed by atoms with Crippen molar-refractivity contribution in [3.63, 3.8) is 0 Å². The second-order valence-electron chi connectivity index (χ2n) is 9.31. The number of fused-ring (bicyclic) bond motifs is 2. The molecule has 0 atom stereocenters. The topological polar surface area (TPSA) is 0 Å². The third-order valence-electron chi connectivity index (χ3n) is 7.12. The Bertz CT molecular complexity index is 1790. The highest BCUT2D eigenvalue weighted by molar-refractivity contribution is 7.18. The van der Waals surface area contributed by atoms with Crippen molar-refractivity contribution in [1.82, 2.24) is 0 Å². The van der Waals surface area contributed by atoms with Crippen LogP contribution in [0.2, 0.25) is 0 Å². The maximum atomic E-state index is 2.29. The van der Waals surface area contributed by atoms with Gasteiger partial charge in [0.25, 0.3) is 0 Å². The molecule has 0 saturated heterocycles. The maximum Gasteiger partial charge on any atom is 0.0349 e. The van der Waals surface area contributed by atoms with Crippen molar-refractivity contribution in [3.05, 3.63) is 146 Å². The van der Waals surface area contributed by atoms with Crippen molar-refractivity contribution in [1.29, 1.82) is 0 Å². The summed E-state index contributed by atoms with van der Waals surface area (Å²) in [6, 6.07) is 52.6. The van der Waals surface area contributed by atoms with Gasteiger partial charge < -0.3 is 0 Å². The van der Waals surface area contributed by atoms with Crippen molar-refractivity contribution in [2.75, 3.05) is 0 Å². The Labute approximate surface area is 234 Å². The quantitative estimate of drug-likeness (QED) is 0.203. The zero-order chi connectivity index (χ0) is 26.6. The van der Waals surface area contributed by atoms with Crippen LogP contribution in [0.4, 0.5) is 0 Å².